The molecular formula is C16H24O3. The number of aliphatic carboxylic acids is 1. The van der Waals surface area contributed by atoms with Crippen molar-refractivity contribution in [2.24, 2.45) is 5.41 Å². The number of rotatable bonds is 4. The molecule has 0 aliphatic heterocycles. The largest absolute Gasteiger partial charge is 0.492 e. The first-order valence-electron chi connectivity index (χ1n) is 6.51. The average Bonchev–Trinajstić information content (AvgIpc) is 2.24. The number of benzene rings is 1. The van der Waals surface area contributed by atoms with Crippen molar-refractivity contribution in [3.05, 3.63) is 29.3 Å². The van der Waals surface area contributed by atoms with E-state index in [2.05, 4.69) is 32.9 Å². The molecule has 1 aromatic carbocycles. The Bertz CT molecular complexity index is 467. The van der Waals surface area contributed by atoms with Gasteiger partial charge in [-0.15, -0.1) is 0 Å². The van der Waals surface area contributed by atoms with Crippen LogP contribution in [0.2, 0.25) is 0 Å². The van der Waals surface area contributed by atoms with Crippen LogP contribution in [0.5, 0.6) is 5.75 Å². The van der Waals surface area contributed by atoms with Gasteiger partial charge < -0.3 is 9.84 Å². The van der Waals surface area contributed by atoms with Crippen molar-refractivity contribution in [2.75, 3.05) is 6.61 Å². The molecule has 1 N–H and O–H groups in total. The van der Waals surface area contributed by atoms with Crippen molar-refractivity contribution in [2.45, 2.75) is 47.0 Å². The Morgan fingerprint density at radius 1 is 1.21 bits per heavy atom. The summed E-state index contributed by atoms with van der Waals surface area (Å²) in [5.74, 6) is -0.0701. The molecule has 0 fully saturated rings. The smallest absolute Gasteiger partial charge is 0.312 e. The van der Waals surface area contributed by atoms with Crippen molar-refractivity contribution < 1.29 is 14.6 Å². The predicted octanol–water partition coefficient (Wildman–Crippen LogP) is 3.78. The molecule has 3 nitrogen and oxygen atoms in total. The number of hydrogen-bond donors (Lipinski definition) is 1. The van der Waals surface area contributed by atoms with E-state index in [0.29, 0.717) is 0 Å². The summed E-state index contributed by atoms with van der Waals surface area (Å²) in [6, 6.07) is 6.08. The molecule has 3 heteroatoms. The van der Waals surface area contributed by atoms with Crippen molar-refractivity contribution in [3.63, 3.8) is 0 Å². The topological polar surface area (TPSA) is 46.5 Å². The number of carboxylic acid groups (broad SMARTS) is 1. The molecule has 0 atom stereocenters. The molecular weight excluding hydrogens is 240 g/mol. The van der Waals surface area contributed by atoms with Gasteiger partial charge in [0, 0.05) is 0 Å². The summed E-state index contributed by atoms with van der Waals surface area (Å²) in [4.78, 5) is 11.1. The molecule has 1 aromatic rings. The van der Waals surface area contributed by atoms with Crippen LogP contribution in [0.1, 0.15) is 45.7 Å². The van der Waals surface area contributed by atoms with E-state index in [-0.39, 0.29) is 12.0 Å². The minimum Gasteiger partial charge on any atom is -0.492 e. The second-order valence-electron chi connectivity index (χ2n) is 6.73. The zero-order chi connectivity index (χ0) is 14.8. The van der Waals surface area contributed by atoms with E-state index in [1.165, 1.54) is 0 Å². The van der Waals surface area contributed by atoms with Gasteiger partial charge in [0.2, 0.25) is 0 Å². The lowest BCUT2D eigenvalue weighted by Crippen LogP contribution is -2.31. The Kier molecular flexibility index (Phi) is 4.28. The van der Waals surface area contributed by atoms with Crippen LogP contribution in [-0.4, -0.2) is 17.7 Å². The van der Waals surface area contributed by atoms with Gasteiger partial charge >= 0.3 is 5.97 Å². The highest BCUT2D eigenvalue weighted by Gasteiger charge is 2.29. The fourth-order valence-corrected chi connectivity index (χ4v) is 1.69. The molecule has 106 valence electrons. The van der Waals surface area contributed by atoms with E-state index in [0.717, 1.165) is 16.9 Å². The lowest BCUT2D eigenvalue weighted by molar-refractivity contribution is -0.148. The molecule has 0 spiro atoms. The second-order valence-corrected chi connectivity index (χ2v) is 6.73. The first-order chi connectivity index (χ1) is 8.54. The van der Waals surface area contributed by atoms with Gasteiger partial charge in [-0.1, -0.05) is 32.9 Å². The minimum absolute atomic E-state index is 0.0313. The second kappa shape index (κ2) is 5.24. The highest BCUT2D eigenvalue weighted by Crippen LogP contribution is 2.33. The van der Waals surface area contributed by atoms with E-state index < -0.39 is 11.4 Å². The van der Waals surface area contributed by atoms with Crippen molar-refractivity contribution in [1.82, 2.24) is 0 Å². The molecule has 0 aromatic heterocycles. The van der Waals surface area contributed by atoms with Gasteiger partial charge in [-0.25, -0.2) is 0 Å². The molecule has 0 aliphatic rings. The molecule has 0 saturated heterocycles. The van der Waals surface area contributed by atoms with Gasteiger partial charge in [0.15, 0.2) is 0 Å². The molecule has 0 aliphatic carbocycles. The van der Waals surface area contributed by atoms with Crippen molar-refractivity contribution in [3.8, 4) is 5.75 Å². The van der Waals surface area contributed by atoms with Gasteiger partial charge in [-0.05, 0) is 43.4 Å². The van der Waals surface area contributed by atoms with E-state index in [9.17, 15) is 4.79 Å². The molecule has 1 rings (SSSR count). The van der Waals surface area contributed by atoms with Crippen LogP contribution in [0.3, 0.4) is 0 Å². The summed E-state index contributed by atoms with van der Waals surface area (Å²) in [7, 11) is 0. The average molecular weight is 264 g/mol. The van der Waals surface area contributed by atoms with E-state index in [1.807, 2.05) is 13.0 Å². The predicted molar refractivity (Wildman–Crippen MR) is 76.8 cm³/mol. The Morgan fingerprint density at radius 2 is 1.79 bits per heavy atom. The minimum atomic E-state index is -0.890. The molecule has 0 unspecified atom stereocenters. The van der Waals surface area contributed by atoms with Crippen molar-refractivity contribution in [1.29, 1.82) is 0 Å². The third kappa shape index (κ3) is 3.98. The third-order valence-electron chi connectivity index (χ3n) is 3.11. The maximum atomic E-state index is 11.1. The standard InChI is InChI=1S/C16H24O3/c1-11-7-8-12(15(2,3)4)13(9-11)19-10-16(5,6)14(17)18/h7-9H,10H2,1-6H3,(H,17,18). The van der Waals surface area contributed by atoms with Gasteiger partial charge in [0.25, 0.3) is 0 Å². The van der Waals surface area contributed by atoms with E-state index in [1.54, 1.807) is 13.8 Å². The van der Waals surface area contributed by atoms with Crippen LogP contribution >= 0.6 is 0 Å². The van der Waals surface area contributed by atoms with Crippen LogP contribution in [0.4, 0.5) is 0 Å². The number of carboxylic acids is 1. The molecule has 0 saturated carbocycles. The quantitative estimate of drug-likeness (QED) is 0.900. The highest BCUT2D eigenvalue weighted by atomic mass is 16.5. The number of aryl methyl sites for hydroxylation is 1. The van der Waals surface area contributed by atoms with Crippen LogP contribution in [-0.2, 0) is 10.2 Å². The van der Waals surface area contributed by atoms with Crippen molar-refractivity contribution >= 4 is 5.97 Å². The van der Waals surface area contributed by atoms with E-state index >= 15 is 0 Å². The SMILES string of the molecule is Cc1ccc(C(C)(C)C)c(OCC(C)(C)C(=O)O)c1. The van der Waals surface area contributed by atoms with Gasteiger partial charge in [-0.3, -0.25) is 4.79 Å². The summed E-state index contributed by atoms with van der Waals surface area (Å²) >= 11 is 0. The van der Waals surface area contributed by atoms with Crippen LogP contribution in [0.15, 0.2) is 18.2 Å². The number of hydrogen-bond acceptors (Lipinski definition) is 2. The Labute approximate surface area is 115 Å². The van der Waals surface area contributed by atoms with Gasteiger partial charge in [0.05, 0.1) is 5.41 Å². The summed E-state index contributed by atoms with van der Waals surface area (Å²) in [5, 5.41) is 9.12. The van der Waals surface area contributed by atoms with Crippen LogP contribution in [0.25, 0.3) is 0 Å². The summed E-state index contributed by atoms with van der Waals surface area (Å²) < 4.78 is 5.79. The highest BCUT2D eigenvalue weighted by molar-refractivity contribution is 5.73. The molecule has 0 bridgehead atoms. The van der Waals surface area contributed by atoms with Crippen LogP contribution in [0, 0.1) is 12.3 Å². The van der Waals surface area contributed by atoms with Gasteiger partial charge in [0.1, 0.15) is 12.4 Å². The summed E-state index contributed by atoms with van der Waals surface area (Å²) in [6.07, 6.45) is 0. The Hall–Kier alpha value is -1.51. The molecule has 0 heterocycles. The Morgan fingerprint density at radius 3 is 2.26 bits per heavy atom. The summed E-state index contributed by atoms with van der Waals surface area (Å²) in [6.45, 7) is 11.9. The van der Waals surface area contributed by atoms with Gasteiger partial charge in [-0.2, -0.15) is 0 Å². The lowest BCUT2D eigenvalue weighted by atomic mass is 9.85. The monoisotopic (exact) mass is 264 g/mol. The maximum Gasteiger partial charge on any atom is 0.312 e. The molecule has 0 amide bonds. The molecule has 0 radical (unpaired) electrons. The number of ether oxygens (including phenoxy) is 1. The van der Waals surface area contributed by atoms with E-state index in [4.69, 9.17) is 9.84 Å². The summed E-state index contributed by atoms with van der Waals surface area (Å²) in [5.41, 5.74) is 1.28. The zero-order valence-electron chi connectivity index (χ0n) is 12.7. The fourth-order valence-electron chi connectivity index (χ4n) is 1.69. The number of carbonyl (C=O) groups is 1. The normalized spacial score (nSPS) is 12.3. The third-order valence-corrected chi connectivity index (χ3v) is 3.11. The maximum absolute atomic E-state index is 11.1. The molecule has 19 heavy (non-hydrogen) atoms. The van der Waals surface area contributed by atoms with Crippen LogP contribution < -0.4 is 4.74 Å². The lowest BCUT2D eigenvalue weighted by Gasteiger charge is -2.26. The zero-order valence-corrected chi connectivity index (χ0v) is 12.7. The first kappa shape index (κ1) is 15.5. The fraction of sp³-hybridized carbons (Fsp3) is 0.562. The first-order valence-corrected chi connectivity index (χ1v) is 6.51. The Balaban J connectivity index is 3.01.